The van der Waals surface area contributed by atoms with Gasteiger partial charge in [-0.1, -0.05) is 71.8 Å². The van der Waals surface area contributed by atoms with E-state index < -0.39 is 0 Å². The zero-order valence-electron chi connectivity index (χ0n) is 17.2. The number of aromatic hydroxyl groups is 1. The summed E-state index contributed by atoms with van der Waals surface area (Å²) in [5.74, 6) is 0.510. The van der Waals surface area contributed by atoms with Crippen LogP contribution in [0.25, 0.3) is 0 Å². The maximum atomic E-state index is 10.8. The zero-order valence-corrected chi connectivity index (χ0v) is 17.2. The molecular formula is C23H41NO. The Balaban J connectivity index is 2.68. The quantitative estimate of drug-likeness (QED) is 0.366. The van der Waals surface area contributed by atoms with E-state index in [0.29, 0.717) is 5.75 Å². The fourth-order valence-corrected chi connectivity index (χ4v) is 3.40. The molecule has 0 saturated heterocycles. The largest absolute Gasteiger partial charge is 0.505 e. The molecule has 0 aliphatic carbocycles. The average Bonchev–Trinajstić information content (AvgIpc) is 2.62. The van der Waals surface area contributed by atoms with Crippen LogP contribution in [-0.2, 0) is 6.42 Å². The fraction of sp³-hybridized carbons (Fsp3) is 0.739. The second kappa shape index (κ2) is 13.1. The maximum Gasteiger partial charge on any atom is 0.142 e. The van der Waals surface area contributed by atoms with Crippen LogP contribution in [0.4, 0.5) is 5.69 Å². The SMILES string of the molecule is CCCCCCCCc1ccc(N(CCCC)CCCC)c(O)c1C. The lowest BCUT2D eigenvalue weighted by Crippen LogP contribution is -2.25. The molecule has 0 aliphatic heterocycles. The van der Waals surface area contributed by atoms with Gasteiger partial charge in [0.1, 0.15) is 5.75 Å². The molecule has 2 nitrogen and oxygen atoms in total. The van der Waals surface area contributed by atoms with E-state index in [2.05, 4.69) is 44.7 Å². The Kier molecular flexibility index (Phi) is 11.4. The number of benzene rings is 1. The third-order valence-corrected chi connectivity index (χ3v) is 5.23. The lowest BCUT2D eigenvalue weighted by atomic mass is 9.99. The molecule has 0 heterocycles. The summed E-state index contributed by atoms with van der Waals surface area (Å²) in [4.78, 5) is 2.38. The van der Waals surface area contributed by atoms with Gasteiger partial charge in [-0.2, -0.15) is 0 Å². The number of rotatable bonds is 14. The zero-order chi connectivity index (χ0) is 18.5. The summed E-state index contributed by atoms with van der Waals surface area (Å²) in [5.41, 5.74) is 3.44. The maximum absolute atomic E-state index is 10.8. The van der Waals surface area contributed by atoms with Crippen molar-refractivity contribution in [2.45, 2.75) is 98.3 Å². The lowest BCUT2D eigenvalue weighted by molar-refractivity contribution is 0.467. The molecule has 0 bridgehead atoms. The van der Waals surface area contributed by atoms with E-state index >= 15 is 0 Å². The molecule has 0 aliphatic rings. The van der Waals surface area contributed by atoms with E-state index in [1.807, 2.05) is 0 Å². The summed E-state index contributed by atoms with van der Waals surface area (Å²) < 4.78 is 0. The number of phenolic OH excluding ortho intramolecular Hbond substituents is 1. The molecule has 1 N–H and O–H groups in total. The van der Waals surface area contributed by atoms with Crippen molar-refractivity contribution in [2.24, 2.45) is 0 Å². The van der Waals surface area contributed by atoms with Crippen LogP contribution in [0.5, 0.6) is 5.75 Å². The minimum Gasteiger partial charge on any atom is -0.505 e. The molecule has 1 aromatic rings. The van der Waals surface area contributed by atoms with Crippen molar-refractivity contribution in [1.82, 2.24) is 0 Å². The van der Waals surface area contributed by atoms with E-state index in [4.69, 9.17) is 0 Å². The third kappa shape index (κ3) is 7.71. The molecule has 0 unspecified atom stereocenters. The van der Waals surface area contributed by atoms with Crippen molar-refractivity contribution in [1.29, 1.82) is 0 Å². The van der Waals surface area contributed by atoms with E-state index in [0.717, 1.165) is 30.8 Å². The Labute approximate surface area is 156 Å². The van der Waals surface area contributed by atoms with Crippen molar-refractivity contribution in [2.75, 3.05) is 18.0 Å². The van der Waals surface area contributed by atoms with Crippen molar-refractivity contribution in [3.8, 4) is 5.75 Å². The van der Waals surface area contributed by atoms with Gasteiger partial charge in [-0.15, -0.1) is 0 Å². The highest BCUT2D eigenvalue weighted by Gasteiger charge is 2.14. The van der Waals surface area contributed by atoms with Gasteiger partial charge in [0, 0.05) is 13.1 Å². The molecule has 0 saturated carbocycles. The van der Waals surface area contributed by atoms with Crippen LogP contribution < -0.4 is 4.90 Å². The van der Waals surface area contributed by atoms with E-state index in [1.165, 1.54) is 69.8 Å². The summed E-state index contributed by atoms with van der Waals surface area (Å²) in [5, 5.41) is 10.8. The van der Waals surface area contributed by atoms with Crippen LogP contribution in [0.2, 0.25) is 0 Å². The van der Waals surface area contributed by atoms with Gasteiger partial charge in [0.05, 0.1) is 5.69 Å². The second-order valence-electron chi connectivity index (χ2n) is 7.43. The number of aryl methyl sites for hydroxylation is 1. The fourth-order valence-electron chi connectivity index (χ4n) is 3.40. The highest BCUT2D eigenvalue weighted by atomic mass is 16.3. The third-order valence-electron chi connectivity index (χ3n) is 5.23. The predicted octanol–water partition coefficient (Wildman–Crippen LogP) is 7.01. The topological polar surface area (TPSA) is 23.5 Å². The molecule has 1 aromatic carbocycles. The van der Waals surface area contributed by atoms with Crippen LogP contribution in [-0.4, -0.2) is 18.2 Å². The van der Waals surface area contributed by atoms with Crippen LogP contribution in [0.15, 0.2) is 12.1 Å². The molecule has 0 radical (unpaired) electrons. The summed E-state index contributed by atoms with van der Waals surface area (Å²) in [6.45, 7) is 10.9. The van der Waals surface area contributed by atoms with E-state index in [9.17, 15) is 5.11 Å². The Morgan fingerprint density at radius 1 is 0.760 bits per heavy atom. The normalized spacial score (nSPS) is 11.0. The summed E-state index contributed by atoms with van der Waals surface area (Å²) >= 11 is 0. The second-order valence-corrected chi connectivity index (χ2v) is 7.43. The molecule has 25 heavy (non-hydrogen) atoms. The number of hydrogen-bond donors (Lipinski definition) is 1. The highest BCUT2D eigenvalue weighted by molar-refractivity contribution is 5.63. The Morgan fingerprint density at radius 2 is 1.32 bits per heavy atom. The van der Waals surface area contributed by atoms with Crippen LogP contribution in [0.3, 0.4) is 0 Å². The van der Waals surface area contributed by atoms with Gasteiger partial charge in [-0.05, 0) is 49.8 Å². The molecular weight excluding hydrogens is 306 g/mol. The van der Waals surface area contributed by atoms with Crippen LogP contribution >= 0.6 is 0 Å². The monoisotopic (exact) mass is 347 g/mol. The molecule has 0 spiro atoms. The van der Waals surface area contributed by atoms with Gasteiger partial charge in [-0.3, -0.25) is 0 Å². The van der Waals surface area contributed by atoms with Gasteiger partial charge < -0.3 is 10.0 Å². The average molecular weight is 348 g/mol. The summed E-state index contributed by atoms with van der Waals surface area (Å²) in [6, 6.07) is 4.40. The van der Waals surface area contributed by atoms with E-state index in [1.54, 1.807) is 0 Å². The Hall–Kier alpha value is -1.18. The van der Waals surface area contributed by atoms with Crippen molar-refractivity contribution >= 4 is 5.69 Å². The Morgan fingerprint density at radius 3 is 1.92 bits per heavy atom. The number of hydrogen-bond acceptors (Lipinski definition) is 2. The first-order valence-electron chi connectivity index (χ1n) is 10.7. The standard InChI is InChI=1S/C23H41NO/c1-5-8-11-12-13-14-15-21-16-17-22(23(25)20(21)4)24(18-9-6-2)19-10-7-3/h16-17,25H,5-15,18-19H2,1-4H3. The minimum atomic E-state index is 0.510. The number of nitrogens with zero attached hydrogens (tertiary/aromatic N) is 1. The van der Waals surface area contributed by atoms with E-state index in [-0.39, 0.29) is 0 Å². The molecule has 0 atom stereocenters. The Bertz CT molecular complexity index is 461. The van der Waals surface area contributed by atoms with Gasteiger partial charge in [0.2, 0.25) is 0 Å². The summed E-state index contributed by atoms with van der Waals surface area (Å²) in [6.07, 6.45) is 13.8. The molecule has 2 heteroatoms. The van der Waals surface area contributed by atoms with Crippen LogP contribution in [0, 0.1) is 6.92 Å². The van der Waals surface area contributed by atoms with Gasteiger partial charge in [-0.25, -0.2) is 0 Å². The number of unbranched alkanes of at least 4 members (excludes halogenated alkanes) is 7. The first-order valence-corrected chi connectivity index (χ1v) is 10.7. The van der Waals surface area contributed by atoms with Crippen molar-refractivity contribution < 1.29 is 5.11 Å². The van der Waals surface area contributed by atoms with Gasteiger partial charge >= 0.3 is 0 Å². The minimum absolute atomic E-state index is 0.510. The number of phenols is 1. The smallest absolute Gasteiger partial charge is 0.142 e. The van der Waals surface area contributed by atoms with Gasteiger partial charge in [0.25, 0.3) is 0 Å². The predicted molar refractivity (Wildman–Crippen MR) is 112 cm³/mol. The van der Waals surface area contributed by atoms with Crippen LogP contribution in [0.1, 0.15) is 96.1 Å². The molecule has 0 aromatic heterocycles. The van der Waals surface area contributed by atoms with Crippen molar-refractivity contribution in [3.05, 3.63) is 23.3 Å². The molecule has 0 amide bonds. The summed E-state index contributed by atoms with van der Waals surface area (Å²) in [7, 11) is 0. The molecule has 144 valence electrons. The molecule has 1 rings (SSSR count). The van der Waals surface area contributed by atoms with Gasteiger partial charge in [0.15, 0.2) is 0 Å². The lowest BCUT2D eigenvalue weighted by Gasteiger charge is -2.27. The molecule has 0 fully saturated rings. The van der Waals surface area contributed by atoms with Crippen molar-refractivity contribution in [3.63, 3.8) is 0 Å². The highest BCUT2D eigenvalue weighted by Crippen LogP contribution is 2.34. The first kappa shape index (κ1) is 21.9. The first-order chi connectivity index (χ1) is 12.2. The number of anilines is 1.